The summed E-state index contributed by atoms with van der Waals surface area (Å²) in [7, 11) is 0. The van der Waals surface area contributed by atoms with E-state index in [1.807, 2.05) is 0 Å². The molecule has 1 heterocycles. The van der Waals surface area contributed by atoms with Gasteiger partial charge >= 0.3 is 0 Å². The third-order valence-electron chi connectivity index (χ3n) is 2.25. The maximum absolute atomic E-state index is 13.9. The third kappa shape index (κ3) is 2.74. The van der Waals surface area contributed by atoms with Crippen LogP contribution in [-0.2, 0) is 0 Å². The number of hydrogen-bond acceptors (Lipinski definition) is 3. The Labute approximate surface area is 120 Å². The molecule has 1 aromatic carbocycles. The van der Waals surface area contributed by atoms with Crippen molar-refractivity contribution < 1.29 is 4.39 Å². The standard InChI is InChI=1S/C11H9Br2FN2S/c1-2-7(12)11-16-15-10(17-11)6-4-3-5-8(13)9(6)14/h3-5,7H,2H2,1H3. The second kappa shape index (κ2) is 5.54. The highest BCUT2D eigenvalue weighted by atomic mass is 79.9. The van der Waals surface area contributed by atoms with Gasteiger partial charge in [0.05, 0.1) is 9.30 Å². The molecule has 0 saturated carbocycles. The second-order valence-corrected chi connectivity index (χ2v) is 6.39. The van der Waals surface area contributed by atoms with Gasteiger partial charge in [-0.3, -0.25) is 0 Å². The summed E-state index contributed by atoms with van der Waals surface area (Å²) in [5.74, 6) is -0.294. The summed E-state index contributed by atoms with van der Waals surface area (Å²) < 4.78 is 14.3. The zero-order valence-electron chi connectivity index (χ0n) is 8.95. The molecule has 1 unspecified atom stereocenters. The molecule has 0 radical (unpaired) electrons. The highest BCUT2D eigenvalue weighted by Crippen LogP contribution is 2.34. The van der Waals surface area contributed by atoms with Crippen molar-refractivity contribution in [3.8, 4) is 10.6 Å². The van der Waals surface area contributed by atoms with E-state index in [1.54, 1.807) is 18.2 Å². The van der Waals surface area contributed by atoms with E-state index in [0.717, 1.165) is 11.4 Å². The van der Waals surface area contributed by atoms with Gasteiger partial charge in [-0.05, 0) is 34.5 Å². The van der Waals surface area contributed by atoms with Crippen LogP contribution in [0.1, 0.15) is 23.2 Å². The normalized spacial score (nSPS) is 12.7. The fourth-order valence-electron chi connectivity index (χ4n) is 1.31. The first-order valence-corrected chi connectivity index (χ1v) is 7.57. The minimum atomic E-state index is -0.294. The van der Waals surface area contributed by atoms with E-state index in [4.69, 9.17) is 0 Å². The van der Waals surface area contributed by atoms with Crippen molar-refractivity contribution in [3.63, 3.8) is 0 Å². The molecular weight excluding hydrogens is 371 g/mol. The summed E-state index contributed by atoms with van der Waals surface area (Å²) >= 11 is 8.09. The summed E-state index contributed by atoms with van der Waals surface area (Å²) in [6.45, 7) is 2.06. The van der Waals surface area contributed by atoms with Crippen molar-refractivity contribution in [1.82, 2.24) is 10.2 Å². The fraction of sp³-hybridized carbons (Fsp3) is 0.273. The van der Waals surface area contributed by atoms with Crippen LogP contribution in [-0.4, -0.2) is 10.2 Å². The van der Waals surface area contributed by atoms with Crippen molar-refractivity contribution >= 4 is 43.2 Å². The van der Waals surface area contributed by atoms with E-state index in [2.05, 4.69) is 49.0 Å². The lowest BCUT2D eigenvalue weighted by Crippen LogP contribution is -1.85. The van der Waals surface area contributed by atoms with Crippen LogP contribution < -0.4 is 0 Å². The van der Waals surface area contributed by atoms with Gasteiger partial charge < -0.3 is 0 Å². The lowest BCUT2D eigenvalue weighted by atomic mass is 10.2. The molecule has 0 amide bonds. The zero-order chi connectivity index (χ0) is 12.4. The molecule has 6 heteroatoms. The average Bonchev–Trinajstić information content (AvgIpc) is 2.81. The van der Waals surface area contributed by atoms with Gasteiger partial charge in [-0.1, -0.05) is 40.3 Å². The largest absolute Gasteiger partial charge is 0.205 e. The molecular formula is C11H9Br2FN2S. The molecule has 0 saturated heterocycles. The van der Waals surface area contributed by atoms with Gasteiger partial charge in [-0.15, -0.1) is 10.2 Å². The lowest BCUT2D eigenvalue weighted by Gasteiger charge is -2.00. The van der Waals surface area contributed by atoms with E-state index in [1.165, 1.54) is 11.3 Å². The van der Waals surface area contributed by atoms with Crippen molar-refractivity contribution in [2.24, 2.45) is 0 Å². The van der Waals surface area contributed by atoms with Gasteiger partial charge in [0.25, 0.3) is 0 Å². The molecule has 0 aliphatic heterocycles. The maximum atomic E-state index is 13.9. The van der Waals surface area contributed by atoms with Crippen LogP contribution in [0.5, 0.6) is 0 Å². The number of hydrogen-bond donors (Lipinski definition) is 0. The maximum Gasteiger partial charge on any atom is 0.150 e. The lowest BCUT2D eigenvalue weighted by molar-refractivity contribution is 0.624. The summed E-state index contributed by atoms with van der Waals surface area (Å²) in [5.41, 5.74) is 0.485. The molecule has 0 fully saturated rings. The van der Waals surface area contributed by atoms with Crippen molar-refractivity contribution in [2.45, 2.75) is 18.2 Å². The molecule has 1 atom stereocenters. The molecule has 0 N–H and O–H groups in total. The zero-order valence-corrected chi connectivity index (χ0v) is 12.9. The quantitative estimate of drug-likeness (QED) is 0.705. The number of alkyl halides is 1. The number of benzene rings is 1. The average molecular weight is 380 g/mol. The Hall–Kier alpha value is -0.330. The smallest absolute Gasteiger partial charge is 0.150 e. The minimum Gasteiger partial charge on any atom is -0.205 e. The molecule has 2 nitrogen and oxygen atoms in total. The second-order valence-electron chi connectivity index (χ2n) is 3.42. The Morgan fingerprint density at radius 3 is 2.88 bits per heavy atom. The molecule has 17 heavy (non-hydrogen) atoms. The van der Waals surface area contributed by atoms with E-state index >= 15 is 0 Å². The summed E-state index contributed by atoms with van der Waals surface area (Å²) in [6.07, 6.45) is 0.926. The first-order chi connectivity index (χ1) is 8.13. The van der Waals surface area contributed by atoms with Crippen molar-refractivity contribution in [3.05, 3.63) is 33.5 Å². The van der Waals surface area contributed by atoms with Crippen molar-refractivity contribution in [2.75, 3.05) is 0 Å². The van der Waals surface area contributed by atoms with E-state index in [0.29, 0.717) is 15.0 Å². The topological polar surface area (TPSA) is 25.8 Å². The molecule has 1 aromatic heterocycles. The monoisotopic (exact) mass is 378 g/mol. The Bertz CT molecular complexity index is 530. The predicted octanol–water partition coefficient (Wildman–Crippen LogP) is 4.95. The Balaban J connectivity index is 2.40. The Morgan fingerprint density at radius 1 is 1.41 bits per heavy atom. The highest BCUT2D eigenvalue weighted by molar-refractivity contribution is 9.10. The molecule has 0 spiro atoms. The fourth-order valence-corrected chi connectivity index (χ4v) is 2.98. The number of aromatic nitrogens is 2. The minimum absolute atomic E-state index is 0.184. The van der Waals surface area contributed by atoms with Crippen LogP contribution in [0, 0.1) is 5.82 Å². The van der Waals surface area contributed by atoms with Gasteiger partial charge in [-0.2, -0.15) is 0 Å². The molecule has 0 aliphatic rings. The number of halogens is 3. The van der Waals surface area contributed by atoms with Gasteiger partial charge in [0, 0.05) is 5.56 Å². The predicted molar refractivity (Wildman–Crippen MR) is 75.0 cm³/mol. The Kier molecular flexibility index (Phi) is 4.27. The van der Waals surface area contributed by atoms with Crippen LogP contribution in [0.25, 0.3) is 10.6 Å². The van der Waals surface area contributed by atoms with Gasteiger partial charge in [0.2, 0.25) is 0 Å². The highest BCUT2D eigenvalue weighted by Gasteiger charge is 2.16. The summed E-state index contributed by atoms with van der Waals surface area (Å²) in [6, 6.07) is 5.16. The van der Waals surface area contributed by atoms with E-state index < -0.39 is 0 Å². The van der Waals surface area contributed by atoms with Gasteiger partial charge in [-0.25, -0.2) is 4.39 Å². The summed E-state index contributed by atoms with van der Waals surface area (Å²) in [5, 5.41) is 9.59. The van der Waals surface area contributed by atoms with Crippen LogP contribution in [0.3, 0.4) is 0 Å². The van der Waals surface area contributed by atoms with Gasteiger partial charge in [0.15, 0.2) is 5.01 Å². The first-order valence-electron chi connectivity index (χ1n) is 5.05. The van der Waals surface area contributed by atoms with E-state index in [9.17, 15) is 4.39 Å². The Morgan fingerprint density at radius 2 is 2.18 bits per heavy atom. The molecule has 2 rings (SSSR count). The molecule has 90 valence electrons. The summed E-state index contributed by atoms with van der Waals surface area (Å²) in [4.78, 5) is 0.184. The molecule has 0 aliphatic carbocycles. The van der Waals surface area contributed by atoms with Crippen LogP contribution in [0.4, 0.5) is 4.39 Å². The first kappa shape index (κ1) is 13.1. The van der Waals surface area contributed by atoms with Crippen LogP contribution in [0.15, 0.2) is 22.7 Å². The van der Waals surface area contributed by atoms with Gasteiger partial charge in [0.1, 0.15) is 10.8 Å². The molecule has 0 bridgehead atoms. The molecule has 2 aromatic rings. The number of rotatable bonds is 3. The number of nitrogens with zero attached hydrogens (tertiary/aromatic N) is 2. The van der Waals surface area contributed by atoms with Crippen LogP contribution >= 0.6 is 43.2 Å². The van der Waals surface area contributed by atoms with E-state index in [-0.39, 0.29) is 10.6 Å². The van der Waals surface area contributed by atoms with Crippen LogP contribution in [0.2, 0.25) is 0 Å². The third-order valence-corrected chi connectivity index (χ3v) is 5.32. The van der Waals surface area contributed by atoms with Crippen molar-refractivity contribution in [1.29, 1.82) is 0 Å². The SMILES string of the molecule is CCC(Br)c1nnc(-c2cccc(Br)c2F)s1.